The van der Waals surface area contributed by atoms with Gasteiger partial charge in [-0.25, -0.2) is 0 Å². The van der Waals surface area contributed by atoms with E-state index in [1.807, 2.05) is 17.1 Å². The van der Waals surface area contributed by atoms with Crippen molar-refractivity contribution in [1.29, 1.82) is 0 Å². The minimum absolute atomic E-state index is 0. The van der Waals surface area contributed by atoms with Crippen molar-refractivity contribution in [3.8, 4) is 0 Å². The SMILES string of the molecule is CC.CC(C)C1=CC[C]([Zr]([CH3])([SiH3])[CH]2C=Cc3ccccc32)=C1.Cl.Cl. The minimum Gasteiger partial charge on any atom is -0.147 e. The summed E-state index contributed by atoms with van der Waals surface area (Å²) < 4.78 is 5.29. The van der Waals surface area contributed by atoms with Crippen LogP contribution < -0.4 is 0 Å². The minimum atomic E-state index is -2.16. The van der Waals surface area contributed by atoms with Gasteiger partial charge in [0.1, 0.15) is 0 Å². The van der Waals surface area contributed by atoms with Crippen molar-refractivity contribution < 1.29 is 19.4 Å². The summed E-state index contributed by atoms with van der Waals surface area (Å²) in [6.45, 7) is 8.63. The molecule has 2 aliphatic carbocycles. The summed E-state index contributed by atoms with van der Waals surface area (Å²) in [6.07, 6.45) is 11.2. The maximum atomic E-state index is 2.67. The first kappa shape index (κ1) is 24.1. The van der Waals surface area contributed by atoms with Gasteiger partial charge < -0.3 is 0 Å². The van der Waals surface area contributed by atoms with Gasteiger partial charge in [0.15, 0.2) is 0 Å². The molecule has 0 saturated carbocycles. The molecule has 24 heavy (non-hydrogen) atoms. The zero-order valence-corrected chi connectivity index (χ0v) is 21.9. The van der Waals surface area contributed by atoms with Crippen molar-refractivity contribution in [3.63, 3.8) is 0 Å². The number of halogens is 2. The fourth-order valence-electron chi connectivity index (χ4n) is 3.48. The molecule has 0 fully saturated rings. The summed E-state index contributed by atoms with van der Waals surface area (Å²) in [6, 6.07) is 9.01. The summed E-state index contributed by atoms with van der Waals surface area (Å²) in [7, 11) is 1.40. The molecule has 2 unspecified atom stereocenters. The second-order valence-electron chi connectivity index (χ2n) is 6.92. The normalized spacial score (nSPS) is 20.0. The third-order valence-corrected chi connectivity index (χ3v) is 22.4. The van der Waals surface area contributed by atoms with Crippen LogP contribution in [-0.2, 0) is 19.4 Å². The smallest absolute Gasteiger partial charge is 0.147 e. The second-order valence-corrected chi connectivity index (χ2v) is 30.8. The summed E-state index contributed by atoms with van der Waals surface area (Å²) >= 11 is -2.16. The van der Waals surface area contributed by atoms with Gasteiger partial charge in [0.05, 0.1) is 0 Å². The molecule has 134 valence electrons. The molecule has 0 saturated heterocycles. The van der Waals surface area contributed by atoms with Crippen LogP contribution in [0.2, 0.25) is 4.63 Å². The van der Waals surface area contributed by atoms with Crippen molar-refractivity contribution in [3.05, 3.63) is 62.5 Å². The van der Waals surface area contributed by atoms with Gasteiger partial charge in [-0.05, 0) is 0 Å². The van der Waals surface area contributed by atoms with E-state index < -0.39 is 19.4 Å². The summed E-state index contributed by atoms with van der Waals surface area (Å²) in [5.74, 6) is 0.683. The number of benzene rings is 1. The Kier molecular flexibility index (Phi) is 10.4. The monoisotopic (exact) mass is 460 g/mol. The third kappa shape index (κ3) is 4.85. The van der Waals surface area contributed by atoms with Gasteiger partial charge in [0.2, 0.25) is 0 Å². The molecule has 0 aromatic heterocycles. The van der Waals surface area contributed by atoms with Crippen LogP contribution in [0.5, 0.6) is 0 Å². The largest absolute Gasteiger partial charge is 0.147 e. The molecule has 3 rings (SSSR count). The van der Waals surface area contributed by atoms with Crippen LogP contribution in [0, 0.1) is 5.92 Å². The molecule has 0 spiro atoms. The van der Waals surface area contributed by atoms with Crippen LogP contribution in [0.15, 0.2) is 51.3 Å². The average molecular weight is 463 g/mol. The summed E-state index contributed by atoms with van der Waals surface area (Å²) in [5.41, 5.74) is 4.65. The Bertz CT molecular complexity index is 630. The van der Waals surface area contributed by atoms with E-state index in [1.54, 1.807) is 11.1 Å². The Morgan fingerprint density at radius 1 is 1.12 bits per heavy atom. The van der Waals surface area contributed by atoms with E-state index >= 15 is 0 Å². The van der Waals surface area contributed by atoms with Gasteiger partial charge in [-0.15, -0.1) is 24.8 Å². The number of fused-ring (bicyclic) bond motifs is 1. The Labute approximate surface area is 167 Å². The van der Waals surface area contributed by atoms with Crippen molar-refractivity contribution in [2.45, 2.75) is 42.4 Å². The fourth-order valence-corrected chi connectivity index (χ4v) is 16.3. The molecule has 1 aromatic rings. The number of hydrogen-bond acceptors (Lipinski definition) is 0. The molecule has 0 radical (unpaired) electrons. The molecule has 0 heterocycles. The Morgan fingerprint density at radius 3 is 2.33 bits per heavy atom. The van der Waals surface area contributed by atoms with Gasteiger partial charge in [-0.2, -0.15) is 0 Å². The first-order valence-corrected chi connectivity index (χ1v) is 22.2. The Hall–Kier alpha value is 0.120. The number of allylic oxidation sites excluding steroid dienone is 5. The predicted octanol–water partition coefficient (Wildman–Crippen LogP) is 5.98. The van der Waals surface area contributed by atoms with Gasteiger partial charge >= 0.3 is 130 Å². The molecule has 0 N–H and O–H groups in total. The van der Waals surface area contributed by atoms with Gasteiger partial charge in [-0.3, -0.25) is 0 Å². The summed E-state index contributed by atoms with van der Waals surface area (Å²) in [5, 5.41) is 0. The third-order valence-electron chi connectivity index (χ3n) is 4.97. The van der Waals surface area contributed by atoms with Crippen molar-refractivity contribution >= 4 is 38.3 Å². The first-order chi connectivity index (χ1) is 10.5. The quantitative estimate of drug-likeness (QED) is 0.485. The van der Waals surface area contributed by atoms with Crippen molar-refractivity contribution in [2.24, 2.45) is 5.92 Å². The maximum Gasteiger partial charge on any atom is -0.147 e. The van der Waals surface area contributed by atoms with Crippen LogP contribution in [0.3, 0.4) is 0 Å². The topological polar surface area (TPSA) is 0 Å². The van der Waals surface area contributed by atoms with Crippen LogP contribution in [0.4, 0.5) is 0 Å². The van der Waals surface area contributed by atoms with Gasteiger partial charge in [-0.1, -0.05) is 13.8 Å². The molecule has 0 aliphatic heterocycles. The molecule has 0 nitrogen and oxygen atoms in total. The van der Waals surface area contributed by atoms with Gasteiger partial charge in [0, 0.05) is 0 Å². The van der Waals surface area contributed by atoms with E-state index in [-0.39, 0.29) is 24.8 Å². The Morgan fingerprint density at radius 2 is 1.75 bits per heavy atom. The van der Waals surface area contributed by atoms with Crippen molar-refractivity contribution in [2.75, 3.05) is 0 Å². The van der Waals surface area contributed by atoms with E-state index in [9.17, 15) is 0 Å². The second kappa shape index (κ2) is 10.3. The number of rotatable bonds is 3. The Balaban J connectivity index is 0.00000128. The van der Waals surface area contributed by atoms with E-state index in [0.29, 0.717) is 5.92 Å². The zero-order chi connectivity index (χ0) is 16.3. The molecule has 2 aliphatic rings. The van der Waals surface area contributed by atoms with Crippen LogP contribution in [0.1, 0.15) is 48.9 Å². The standard InChI is InChI=1S/C9H7.C8H11.C2H6.CH3.2ClH.H3Si.Zr/c1-2-5-9-7-3-6-8(9)4-1;1-7(2)8-5-3-4-6-8;1-2;;;;;/h1-7H;5-7H,3H2,1-2H3;1-2H3;1H3;2*1H;1H3;. The molecular weight excluding hydrogens is 430 g/mol. The molecular formula is C20H32Cl2SiZr. The maximum absolute atomic E-state index is 2.67. The van der Waals surface area contributed by atoms with Crippen LogP contribution in [0.25, 0.3) is 6.08 Å². The van der Waals surface area contributed by atoms with Crippen LogP contribution in [-0.4, -0.2) is 7.37 Å². The average Bonchev–Trinajstić information content (AvgIpc) is 3.17. The summed E-state index contributed by atoms with van der Waals surface area (Å²) in [4.78, 5) is 0. The van der Waals surface area contributed by atoms with E-state index in [1.165, 1.54) is 19.4 Å². The van der Waals surface area contributed by atoms with Crippen LogP contribution >= 0.6 is 24.8 Å². The molecule has 4 heteroatoms. The van der Waals surface area contributed by atoms with Crippen molar-refractivity contribution in [1.82, 2.24) is 0 Å². The molecule has 0 bridgehead atoms. The molecule has 1 aromatic carbocycles. The van der Waals surface area contributed by atoms with E-state index in [2.05, 4.69) is 67.0 Å². The van der Waals surface area contributed by atoms with E-state index in [0.717, 1.165) is 3.63 Å². The molecule has 2 atom stereocenters. The zero-order valence-electron chi connectivity index (χ0n) is 15.8. The van der Waals surface area contributed by atoms with E-state index in [4.69, 9.17) is 0 Å². The van der Waals surface area contributed by atoms with Gasteiger partial charge in [0.25, 0.3) is 0 Å². The first-order valence-electron chi connectivity index (χ1n) is 8.68. The number of hydrogen-bond donors (Lipinski definition) is 0. The predicted molar refractivity (Wildman–Crippen MR) is 115 cm³/mol. The fraction of sp³-hybridized carbons (Fsp3) is 0.400. The molecule has 0 amide bonds.